The van der Waals surface area contributed by atoms with Crippen molar-refractivity contribution >= 4 is 17.5 Å². The highest BCUT2D eigenvalue weighted by Gasteiger charge is 2.31. The van der Waals surface area contributed by atoms with Crippen LogP contribution in [0.25, 0.3) is 0 Å². The Hall–Kier alpha value is -1.75. The van der Waals surface area contributed by atoms with Crippen molar-refractivity contribution in [1.29, 1.82) is 0 Å². The molecule has 1 atom stereocenters. The highest BCUT2D eigenvalue weighted by molar-refractivity contribution is 6.30. The van der Waals surface area contributed by atoms with Gasteiger partial charge in [-0.15, -0.1) is 0 Å². The summed E-state index contributed by atoms with van der Waals surface area (Å²) in [4.78, 5) is 14.2. The number of hydrogen-bond donors (Lipinski definition) is 0. The van der Waals surface area contributed by atoms with E-state index in [2.05, 4.69) is 5.10 Å². The van der Waals surface area contributed by atoms with Crippen molar-refractivity contribution in [2.24, 2.45) is 0 Å². The Bertz CT molecular complexity index is 564. The fraction of sp³-hybridized carbons (Fsp3) is 0.385. The Morgan fingerprint density at radius 2 is 2.47 bits per heavy atom. The monoisotopic (exact) mass is 279 g/mol. The molecule has 1 unspecified atom stereocenters. The van der Waals surface area contributed by atoms with Crippen LogP contribution < -0.4 is 0 Å². The largest absolute Gasteiger partial charge is 0.467 e. The number of aromatic nitrogens is 2. The first-order valence-electron chi connectivity index (χ1n) is 6.25. The Morgan fingerprint density at radius 1 is 1.58 bits per heavy atom. The van der Waals surface area contributed by atoms with Crippen LogP contribution in [0.4, 0.5) is 0 Å². The van der Waals surface area contributed by atoms with Gasteiger partial charge in [0.1, 0.15) is 12.3 Å². The summed E-state index contributed by atoms with van der Waals surface area (Å²) in [6, 6.07) is 3.82. The molecule has 3 rings (SSSR count). The molecule has 3 heterocycles. The Morgan fingerprint density at radius 3 is 3.16 bits per heavy atom. The van der Waals surface area contributed by atoms with E-state index in [1.54, 1.807) is 17.1 Å². The van der Waals surface area contributed by atoms with E-state index >= 15 is 0 Å². The second kappa shape index (κ2) is 5.09. The minimum atomic E-state index is 0.0404. The van der Waals surface area contributed by atoms with Crippen LogP contribution in [0.1, 0.15) is 24.6 Å². The van der Waals surface area contributed by atoms with E-state index in [4.69, 9.17) is 16.0 Å². The van der Waals surface area contributed by atoms with E-state index in [9.17, 15) is 4.79 Å². The molecule has 19 heavy (non-hydrogen) atoms. The molecule has 100 valence electrons. The molecule has 2 aromatic rings. The van der Waals surface area contributed by atoms with Gasteiger partial charge < -0.3 is 9.32 Å². The Balaban J connectivity index is 1.72. The van der Waals surface area contributed by atoms with Gasteiger partial charge in [-0.05, 0) is 25.0 Å². The zero-order chi connectivity index (χ0) is 13.2. The third-order valence-electron chi connectivity index (χ3n) is 3.34. The lowest BCUT2D eigenvalue weighted by atomic mass is 10.1. The van der Waals surface area contributed by atoms with Gasteiger partial charge in [0, 0.05) is 12.7 Å². The number of furan rings is 1. The van der Waals surface area contributed by atoms with Gasteiger partial charge in [0.15, 0.2) is 0 Å². The molecule has 6 heteroatoms. The molecule has 1 saturated heterocycles. The van der Waals surface area contributed by atoms with Crippen molar-refractivity contribution in [2.45, 2.75) is 25.4 Å². The molecule has 0 N–H and O–H groups in total. The highest BCUT2D eigenvalue weighted by atomic mass is 35.5. The number of amides is 1. The SMILES string of the molecule is O=C(Cn1cc(Cl)cn1)N1CCCC1c1ccco1. The van der Waals surface area contributed by atoms with Gasteiger partial charge in [-0.2, -0.15) is 5.10 Å². The van der Waals surface area contributed by atoms with E-state index < -0.39 is 0 Å². The third-order valence-corrected chi connectivity index (χ3v) is 3.54. The van der Waals surface area contributed by atoms with E-state index in [0.717, 1.165) is 25.1 Å². The van der Waals surface area contributed by atoms with Crippen LogP contribution in [-0.2, 0) is 11.3 Å². The van der Waals surface area contributed by atoms with Gasteiger partial charge in [0.2, 0.25) is 5.91 Å². The number of nitrogens with zero attached hydrogens (tertiary/aromatic N) is 3. The summed E-state index contributed by atoms with van der Waals surface area (Å²) in [5.41, 5.74) is 0. The van der Waals surface area contributed by atoms with Crippen LogP contribution in [0.2, 0.25) is 5.02 Å². The maximum Gasteiger partial charge on any atom is 0.244 e. The maximum absolute atomic E-state index is 12.3. The second-order valence-electron chi connectivity index (χ2n) is 4.62. The predicted molar refractivity (Wildman–Crippen MR) is 69.6 cm³/mol. The molecule has 1 fully saturated rings. The van der Waals surface area contributed by atoms with Crippen LogP contribution in [0.15, 0.2) is 35.2 Å². The minimum absolute atomic E-state index is 0.0404. The van der Waals surface area contributed by atoms with Gasteiger partial charge in [-0.25, -0.2) is 0 Å². The fourth-order valence-corrected chi connectivity index (χ4v) is 2.65. The molecule has 0 radical (unpaired) electrons. The summed E-state index contributed by atoms with van der Waals surface area (Å²) in [6.07, 6.45) is 6.76. The fourth-order valence-electron chi connectivity index (χ4n) is 2.50. The summed E-state index contributed by atoms with van der Waals surface area (Å²) in [7, 11) is 0. The lowest BCUT2D eigenvalue weighted by Gasteiger charge is -2.23. The van der Waals surface area contributed by atoms with Gasteiger partial charge in [0.25, 0.3) is 0 Å². The molecule has 1 aliphatic rings. The predicted octanol–water partition coefficient (Wildman–Crippen LogP) is 2.49. The lowest BCUT2D eigenvalue weighted by Crippen LogP contribution is -2.33. The van der Waals surface area contributed by atoms with Crippen LogP contribution in [0.5, 0.6) is 0 Å². The van der Waals surface area contributed by atoms with Gasteiger partial charge in [-0.1, -0.05) is 11.6 Å². The first-order chi connectivity index (χ1) is 9.24. The summed E-state index contributed by atoms with van der Waals surface area (Å²) in [6.45, 7) is 0.975. The molecular weight excluding hydrogens is 266 g/mol. The van der Waals surface area contributed by atoms with Crippen LogP contribution in [-0.4, -0.2) is 27.1 Å². The van der Waals surface area contributed by atoms with Crippen LogP contribution in [0, 0.1) is 0 Å². The van der Waals surface area contributed by atoms with Crippen molar-refractivity contribution < 1.29 is 9.21 Å². The van der Waals surface area contributed by atoms with E-state index in [0.29, 0.717) is 5.02 Å². The van der Waals surface area contributed by atoms with Gasteiger partial charge >= 0.3 is 0 Å². The van der Waals surface area contributed by atoms with Gasteiger partial charge in [-0.3, -0.25) is 9.48 Å². The van der Waals surface area contributed by atoms with Crippen molar-refractivity contribution in [3.63, 3.8) is 0 Å². The average Bonchev–Trinajstić information content (AvgIpc) is 3.07. The number of rotatable bonds is 3. The van der Waals surface area contributed by atoms with Crippen LogP contribution in [0.3, 0.4) is 0 Å². The van der Waals surface area contributed by atoms with Crippen molar-refractivity contribution in [3.8, 4) is 0 Å². The molecule has 0 aliphatic carbocycles. The summed E-state index contributed by atoms with van der Waals surface area (Å²) >= 11 is 5.79. The maximum atomic E-state index is 12.3. The molecular formula is C13H14ClN3O2. The first kappa shape index (κ1) is 12.3. The topological polar surface area (TPSA) is 51.3 Å². The summed E-state index contributed by atoms with van der Waals surface area (Å²) in [5, 5.41) is 4.57. The smallest absolute Gasteiger partial charge is 0.244 e. The normalized spacial score (nSPS) is 19.0. The van der Waals surface area contributed by atoms with E-state index in [1.807, 2.05) is 17.0 Å². The molecule has 1 aliphatic heterocycles. The number of carbonyl (C=O) groups is 1. The molecule has 0 saturated carbocycles. The summed E-state index contributed by atoms with van der Waals surface area (Å²) < 4.78 is 6.97. The lowest BCUT2D eigenvalue weighted by molar-refractivity contribution is -0.133. The standard InChI is InChI=1S/C13H14ClN3O2/c14-10-7-15-16(8-10)9-13(18)17-5-1-3-11(17)12-4-2-6-19-12/h2,4,6-8,11H,1,3,5,9H2. The number of carbonyl (C=O) groups excluding carboxylic acids is 1. The summed E-state index contributed by atoms with van der Waals surface area (Å²) in [5.74, 6) is 0.892. The first-order valence-corrected chi connectivity index (χ1v) is 6.62. The zero-order valence-electron chi connectivity index (χ0n) is 10.3. The minimum Gasteiger partial charge on any atom is -0.467 e. The number of hydrogen-bond acceptors (Lipinski definition) is 3. The van der Waals surface area contributed by atoms with Crippen molar-refractivity contribution in [3.05, 3.63) is 41.6 Å². The Kier molecular flexibility index (Phi) is 3.29. The molecule has 5 nitrogen and oxygen atoms in total. The van der Waals surface area contributed by atoms with Crippen molar-refractivity contribution in [1.82, 2.24) is 14.7 Å². The molecule has 0 aromatic carbocycles. The van der Waals surface area contributed by atoms with E-state index in [-0.39, 0.29) is 18.5 Å². The molecule has 0 bridgehead atoms. The zero-order valence-corrected chi connectivity index (χ0v) is 11.1. The molecule has 2 aromatic heterocycles. The quantitative estimate of drug-likeness (QED) is 0.867. The molecule has 0 spiro atoms. The second-order valence-corrected chi connectivity index (χ2v) is 5.05. The van der Waals surface area contributed by atoms with Gasteiger partial charge in [0.05, 0.1) is 23.5 Å². The van der Waals surface area contributed by atoms with Crippen molar-refractivity contribution in [2.75, 3.05) is 6.54 Å². The Labute approximate surface area is 115 Å². The number of likely N-dealkylation sites (tertiary alicyclic amines) is 1. The number of halogens is 1. The highest BCUT2D eigenvalue weighted by Crippen LogP contribution is 2.32. The molecule has 1 amide bonds. The average molecular weight is 280 g/mol. The van der Waals surface area contributed by atoms with Crippen LogP contribution >= 0.6 is 11.6 Å². The third kappa shape index (κ3) is 2.51. The van der Waals surface area contributed by atoms with E-state index in [1.165, 1.54) is 6.20 Å².